The minimum atomic E-state index is -4.35. The third-order valence-electron chi connectivity index (χ3n) is 4.89. The molecule has 1 unspecified atom stereocenters. The van der Waals surface area contributed by atoms with Crippen LogP contribution in [0.25, 0.3) is 10.9 Å². The number of hydrogen-bond donors (Lipinski definition) is 4. The van der Waals surface area contributed by atoms with E-state index in [1.807, 2.05) is 0 Å². The minimum Gasteiger partial charge on any atom is -0.480 e. The highest BCUT2D eigenvalue weighted by Crippen LogP contribution is 2.30. The molecule has 13 heteroatoms. The first-order chi connectivity index (χ1) is 15.9. The molecule has 0 spiro atoms. The quantitative estimate of drug-likeness (QED) is 0.354. The maximum absolute atomic E-state index is 13.3. The highest BCUT2D eigenvalue weighted by molar-refractivity contribution is 7.92. The number of anilines is 1. The number of carbonyl (C=O) groups is 3. The van der Waals surface area contributed by atoms with Gasteiger partial charge >= 0.3 is 5.97 Å². The summed E-state index contributed by atoms with van der Waals surface area (Å²) in [6.07, 6.45) is 1.41. The van der Waals surface area contributed by atoms with Crippen LogP contribution in [0.15, 0.2) is 47.5 Å². The van der Waals surface area contributed by atoms with E-state index >= 15 is 0 Å². The van der Waals surface area contributed by atoms with Crippen molar-refractivity contribution in [2.45, 2.75) is 17.9 Å². The maximum atomic E-state index is 13.3. The third kappa shape index (κ3) is 5.27. The number of fused-ring (bicyclic) bond motifs is 1. The third-order valence-corrected chi connectivity index (χ3v) is 7.08. The Morgan fingerprint density at radius 3 is 2.35 bits per heavy atom. The molecule has 1 heterocycles. The van der Waals surface area contributed by atoms with Crippen LogP contribution in [0.5, 0.6) is 0 Å². The van der Waals surface area contributed by atoms with E-state index in [2.05, 4.69) is 15.6 Å². The molecule has 2 aromatic carbocycles. The molecular weight excluding hydrogens is 507 g/mol. The first-order valence-corrected chi connectivity index (χ1v) is 12.0. The van der Waals surface area contributed by atoms with Crippen molar-refractivity contribution in [2.24, 2.45) is 0 Å². The zero-order valence-electron chi connectivity index (χ0n) is 17.9. The smallest absolute Gasteiger partial charge is 0.324 e. The van der Waals surface area contributed by atoms with E-state index in [1.165, 1.54) is 56.6 Å². The summed E-state index contributed by atoms with van der Waals surface area (Å²) in [6, 6.07) is 7.18. The van der Waals surface area contributed by atoms with E-state index in [0.717, 1.165) is 0 Å². The summed E-state index contributed by atoms with van der Waals surface area (Å²) in [5, 5.41) is 14.9. The molecule has 180 valence electrons. The summed E-state index contributed by atoms with van der Waals surface area (Å²) in [5.74, 6) is -2.27. The van der Waals surface area contributed by atoms with Crippen LogP contribution in [0, 0.1) is 0 Å². The molecule has 0 fully saturated rings. The van der Waals surface area contributed by atoms with Crippen LogP contribution in [-0.2, 0) is 19.6 Å². The molecule has 0 saturated heterocycles. The van der Waals surface area contributed by atoms with E-state index in [9.17, 15) is 27.9 Å². The number of rotatable bonds is 8. The Morgan fingerprint density at radius 1 is 1.12 bits per heavy atom. The lowest BCUT2D eigenvalue weighted by atomic mass is 10.1. The van der Waals surface area contributed by atoms with Crippen molar-refractivity contribution in [1.82, 2.24) is 15.6 Å². The Kier molecular flexibility index (Phi) is 7.39. The number of amides is 2. The molecule has 2 amide bonds. The fourth-order valence-corrected chi connectivity index (χ4v) is 5.39. The minimum absolute atomic E-state index is 0.0403. The molecule has 34 heavy (non-hydrogen) atoms. The van der Waals surface area contributed by atoms with Crippen LogP contribution >= 0.6 is 23.2 Å². The zero-order chi connectivity index (χ0) is 25.2. The summed E-state index contributed by atoms with van der Waals surface area (Å²) in [7, 11) is -2.90. The van der Waals surface area contributed by atoms with Crippen LogP contribution < -0.4 is 14.9 Å². The summed E-state index contributed by atoms with van der Waals surface area (Å²) in [4.78, 5) is 38.4. The number of carboxylic acid groups (broad SMARTS) is 1. The van der Waals surface area contributed by atoms with Crippen LogP contribution in [-0.4, -0.2) is 55.9 Å². The van der Waals surface area contributed by atoms with E-state index in [4.69, 9.17) is 23.2 Å². The predicted molar refractivity (Wildman–Crippen MR) is 128 cm³/mol. The van der Waals surface area contributed by atoms with Gasteiger partial charge in [0, 0.05) is 34.2 Å². The van der Waals surface area contributed by atoms with Gasteiger partial charge in [0.2, 0.25) is 5.91 Å². The average Bonchev–Trinajstić information content (AvgIpc) is 3.19. The standard InChI is InChI=1S/C21H20Cl2N4O6S/c1-11(20(30)24-2)26-21(31)17-9-25-18-8-14(3-4-16(17)18)27(10-19(28)29)34(32,33)15-6-12(22)5-13(23)7-15/h3-9,11,25H,10H2,1-2H3,(H,24,30)(H,26,31)(H,28,29). The molecule has 4 N–H and O–H groups in total. The van der Waals surface area contributed by atoms with Gasteiger partial charge in [0.25, 0.3) is 15.9 Å². The Balaban J connectivity index is 2.02. The van der Waals surface area contributed by atoms with Crippen LogP contribution in [0.3, 0.4) is 0 Å². The zero-order valence-corrected chi connectivity index (χ0v) is 20.3. The Hall–Kier alpha value is -3.28. The van der Waals surface area contributed by atoms with Gasteiger partial charge in [-0.1, -0.05) is 23.2 Å². The Labute approximate surface area is 204 Å². The Bertz CT molecular complexity index is 1370. The fraction of sp³-hybridized carbons (Fsp3) is 0.190. The second-order valence-corrected chi connectivity index (χ2v) is 9.99. The SMILES string of the molecule is CNC(=O)C(C)NC(=O)c1c[nH]c2cc(N(CC(=O)O)S(=O)(=O)c3cc(Cl)cc(Cl)c3)ccc12. The lowest BCUT2D eigenvalue weighted by Gasteiger charge is -2.23. The van der Waals surface area contributed by atoms with Crippen molar-refractivity contribution in [3.05, 3.63) is 58.2 Å². The molecular formula is C21H20Cl2N4O6S. The number of likely N-dealkylation sites (N-methyl/N-ethyl adjacent to an activating group) is 1. The molecule has 0 aliphatic rings. The molecule has 0 bridgehead atoms. The van der Waals surface area contributed by atoms with Gasteiger partial charge in [-0.25, -0.2) is 8.42 Å². The van der Waals surface area contributed by atoms with Gasteiger partial charge in [0.05, 0.1) is 16.1 Å². The highest BCUT2D eigenvalue weighted by atomic mass is 35.5. The average molecular weight is 527 g/mol. The number of benzene rings is 2. The number of carboxylic acids is 1. The number of nitrogens with one attached hydrogen (secondary N) is 3. The first-order valence-electron chi connectivity index (χ1n) is 9.78. The number of aromatic nitrogens is 1. The van der Waals surface area contributed by atoms with Crippen molar-refractivity contribution in [1.29, 1.82) is 0 Å². The molecule has 0 aliphatic heterocycles. The molecule has 1 aromatic heterocycles. The van der Waals surface area contributed by atoms with E-state index in [-0.39, 0.29) is 32.1 Å². The van der Waals surface area contributed by atoms with Crippen LogP contribution in [0.1, 0.15) is 17.3 Å². The number of nitrogens with zero attached hydrogens (tertiary/aromatic N) is 1. The second-order valence-electron chi connectivity index (χ2n) is 7.25. The number of carbonyl (C=O) groups excluding carboxylic acids is 2. The second kappa shape index (κ2) is 9.92. The van der Waals surface area contributed by atoms with Gasteiger partial charge in [0.1, 0.15) is 12.6 Å². The lowest BCUT2D eigenvalue weighted by molar-refractivity contribution is -0.135. The van der Waals surface area contributed by atoms with Crippen molar-refractivity contribution in [2.75, 3.05) is 17.9 Å². The van der Waals surface area contributed by atoms with Gasteiger partial charge in [-0.2, -0.15) is 0 Å². The van der Waals surface area contributed by atoms with E-state index in [1.54, 1.807) is 0 Å². The first kappa shape index (κ1) is 25.3. The van der Waals surface area contributed by atoms with Gasteiger partial charge in [-0.15, -0.1) is 0 Å². The normalized spacial score (nSPS) is 12.2. The van der Waals surface area contributed by atoms with Crippen molar-refractivity contribution >= 4 is 67.6 Å². The number of aromatic amines is 1. The van der Waals surface area contributed by atoms with Crippen LogP contribution in [0.4, 0.5) is 5.69 Å². The largest absolute Gasteiger partial charge is 0.480 e. The van der Waals surface area contributed by atoms with Crippen LogP contribution in [0.2, 0.25) is 10.0 Å². The maximum Gasteiger partial charge on any atom is 0.324 e. The molecule has 1 atom stereocenters. The summed E-state index contributed by atoms with van der Waals surface area (Å²) >= 11 is 11.9. The molecule has 0 saturated carbocycles. The summed E-state index contributed by atoms with van der Waals surface area (Å²) in [6.45, 7) is 0.663. The monoisotopic (exact) mass is 526 g/mol. The van der Waals surface area contributed by atoms with Gasteiger partial charge in [-0.05, 0) is 43.3 Å². The van der Waals surface area contributed by atoms with E-state index in [0.29, 0.717) is 15.2 Å². The van der Waals surface area contributed by atoms with Crippen molar-refractivity contribution in [3.8, 4) is 0 Å². The summed E-state index contributed by atoms with van der Waals surface area (Å²) in [5.41, 5.74) is 0.648. The van der Waals surface area contributed by atoms with Crippen molar-refractivity contribution in [3.63, 3.8) is 0 Å². The lowest BCUT2D eigenvalue weighted by Crippen LogP contribution is -2.43. The molecule has 3 aromatic rings. The molecule has 3 rings (SSSR count). The van der Waals surface area contributed by atoms with Gasteiger partial charge in [0.15, 0.2) is 0 Å². The highest BCUT2D eigenvalue weighted by Gasteiger charge is 2.28. The van der Waals surface area contributed by atoms with Gasteiger partial charge in [-0.3, -0.25) is 18.7 Å². The van der Waals surface area contributed by atoms with Gasteiger partial charge < -0.3 is 20.7 Å². The summed E-state index contributed by atoms with van der Waals surface area (Å²) < 4.78 is 27.2. The Morgan fingerprint density at radius 2 is 1.76 bits per heavy atom. The number of H-pyrrole nitrogens is 1. The van der Waals surface area contributed by atoms with E-state index < -0.39 is 34.5 Å². The number of hydrogen-bond acceptors (Lipinski definition) is 5. The predicted octanol–water partition coefficient (Wildman–Crippen LogP) is 2.62. The van der Waals surface area contributed by atoms with Crippen molar-refractivity contribution < 1.29 is 27.9 Å². The number of aliphatic carboxylic acids is 1. The molecule has 0 aliphatic carbocycles. The topological polar surface area (TPSA) is 149 Å². The molecule has 0 radical (unpaired) electrons. The number of sulfonamides is 1. The fourth-order valence-electron chi connectivity index (χ4n) is 3.26. The molecule has 10 nitrogen and oxygen atoms in total. The number of halogens is 2.